The highest BCUT2D eigenvalue weighted by Crippen LogP contribution is 2.29. The maximum Gasteiger partial charge on any atom is 0.573 e. The van der Waals surface area contributed by atoms with Crippen LogP contribution >= 0.6 is 11.8 Å². The predicted octanol–water partition coefficient (Wildman–Crippen LogP) is 7.94. The Balaban J connectivity index is 1.31. The van der Waals surface area contributed by atoms with Gasteiger partial charge in [0.15, 0.2) is 11.0 Å². The van der Waals surface area contributed by atoms with E-state index in [-0.39, 0.29) is 11.8 Å². The number of aryl methyl sites for hydroxylation is 2. The van der Waals surface area contributed by atoms with Crippen molar-refractivity contribution >= 4 is 28.6 Å². The average molecular weight is 625 g/mol. The molecule has 0 unspecified atom stereocenters. The molecule has 0 radical (unpaired) electrons. The number of aromatic nitrogens is 3. The Kier molecular flexibility index (Phi) is 11.0. The van der Waals surface area contributed by atoms with E-state index in [2.05, 4.69) is 51.4 Å². The normalized spacial score (nSPS) is 12.0. The molecule has 232 valence electrons. The molecule has 3 aromatic carbocycles. The zero-order valence-corrected chi connectivity index (χ0v) is 25.8. The van der Waals surface area contributed by atoms with Crippen molar-refractivity contribution < 1.29 is 22.7 Å². The largest absolute Gasteiger partial charge is 0.573 e. The van der Waals surface area contributed by atoms with Gasteiger partial charge in [0.25, 0.3) is 0 Å². The van der Waals surface area contributed by atoms with E-state index in [1.807, 2.05) is 44.2 Å². The number of nitrogens with zero attached hydrogens (tertiary/aromatic N) is 4. The first-order valence-electron chi connectivity index (χ1n) is 14.2. The zero-order chi connectivity index (χ0) is 31.7. The Morgan fingerprint density at radius 3 is 2.57 bits per heavy atom. The number of amides is 2. The van der Waals surface area contributed by atoms with E-state index in [4.69, 9.17) is 4.99 Å². The molecule has 0 fully saturated rings. The first kappa shape index (κ1) is 32.6. The van der Waals surface area contributed by atoms with Gasteiger partial charge in [0.2, 0.25) is 0 Å². The number of carbonyl (C=O) groups is 1. The number of alkyl halides is 3. The number of thioether (sulfide) groups is 1. The third-order valence-corrected chi connectivity index (χ3v) is 7.23. The molecule has 1 heterocycles. The summed E-state index contributed by atoms with van der Waals surface area (Å²) in [6.07, 6.45) is -1.81. The molecular weight excluding hydrogens is 589 g/mol. The topological polar surface area (TPSA) is 93.4 Å². The fraction of sp³-hybridized carbons (Fsp3) is 0.312. The van der Waals surface area contributed by atoms with E-state index in [1.165, 1.54) is 47.0 Å². The summed E-state index contributed by atoms with van der Waals surface area (Å²) in [4.78, 5) is 21.8. The van der Waals surface area contributed by atoms with Crippen molar-refractivity contribution in [2.75, 3.05) is 12.3 Å². The molecule has 12 heteroatoms. The van der Waals surface area contributed by atoms with Crippen molar-refractivity contribution in [2.45, 2.75) is 52.8 Å². The summed E-state index contributed by atoms with van der Waals surface area (Å²) in [6.45, 7) is 8.76. The zero-order valence-electron chi connectivity index (χ0n) is 25.0. The van der Waals surface area contributed by atoms with Gasteiger partial charge in [0.1, 0.15) is 12.1 Å². The Morgan fingerprint density at radius 2 is 1.86 bits per heavy atom. The van der Waals surface area contributed by atoms with E-state index < -0.39 is 6.36 Å². The second-order valence-electron chi connectivity index (χ2n) is 10.3. The number of ether oxygens (including phenoxy) is 1. The number of nitrogens with one attached hydrogen (secondary N) is 2. The number of rotatable bonds is 10. The molecule has 8 nitrogen and oxygen atoms in total. The number of hydrogen-bond donors (Lipinski definition) is 2. The highest BCUT2D eigenvalue weighted by atomic mass is 32.2. The first-order chi connectivity index (χ1) is 21.0. The van der Waals surface area contributed by atoms with Gasteiger partial charge in [-0.05, 0) is 84.5 Å². The van der Waals surface area contributed by atoms with Crippen molar-refractivity contribution in [3.8, 4) is 22.8 Å². The lowest BCUT2D eigenvalue weighted by Crippen LogP contribution is -2.38. The number of amidine groups is 1. The van der Waals surface area contributed by atoms with Crippen molar-refractivity contribution in [2.24, 2.45) is 4.99 Å². The smallest absolute Gasteiger partial charge is 0.406 e. The van der Waals surface area contributed by atoms with E-state index in [0.717, 1.165) is 40.1 Å². The Bertz CT molecular complexity index is 1590. The number of benzene rings is 3. The lowest BCUT2D eigenvalue weighted by atomic mass is 10.00. The van der Waals surface area contributed by atoms with Crippen LogP contribution in [0, 0.1) is 6.92 Å². The molecule has 4 aromatic rings. The third-order valence-electron chi connectivity index (χ3n) is 6.47. The molecule has 0 spiro atoms. The molecule has 44 heavy (non-hydrogen) atoms. The van der Waals surface area contributed by atoms with Crippen LogP contribution in [0.1, 0.15) is 49.8 Å². The monoisotopic (exact) mass is 624 g/mol. The van der Waals surface area contributed by atoms with Gasteiger partial charge in [-0.2, -0.15) is 0 Å². The second-order valence-corrected chi connectivity index (χ2v) is 11.6. The number of hydrogen-bond acceptors (Lipinski definition) is 6. The van der Waals surface area contributed by atoms with Gasteiger partial charge in [-0.25, -0.2) is 19.5 Å². The minimum absolute atomic E-state index is 0.301. The molecule has 0 aliphatic carbocycles. The summed E-state index contributed by atoms with van der Waals surface area (Å²) >= 11 is 1.48. The summed E-state index contributed by atoms with van der Waals surface area (Å²) in [6, 6.07) is 19.1. The van der Waals surface area contributed by atoms with Crippen LogP contribution < -0.4 is 15.4 Å². The lowest BCUT2D eigenvalue weighted by Gasteiger charge is -2.13. The number of aliphatic imine (C=N–C) groups is 1. The number of carbonyl (C=O) groups excluding carboxylic acids is 1. The average Bonchev–Trinajstić information content (AvgIpc) is 3.46. The van der Waals surface area contributed by atoms with E-state index in [1.54, 1.807) is 0 Å². The molecule has 0 saturated carbocycles. The predicted molar refractivity (Wildman–Crippen MR) is 169 cm³/mol. The molecule has 2 N–H and O–H groups in total. The Labute approximate surface area is 259 Å². The number of urea groups is 1. The molecule has 1 aromatic heterocycles. The van der Waals surface area contributed by atoms with E-state index in [9.17, 15) is 18.0 Å². The van der Waals surface area contributed by atoms with Crippen LogP contribution in [0.3, 0.4) is 0 Å². The van der Waals surface area contributed by atoms with Crippen molar-refractivity contribution in [1.82, 2.24) is 25.4 Å². The summed E-state index contributed by atoms with van der Waals surface area (Å²) in [7, 11) is 0. The van der Waals surface area contributed by atoms with Crippen LogP contribution in [0.15, 0.2) is 78.0 Å². The van der Waals surface area contributed by atoms with E-state index >= 15 is 0 Å². The van der Waals surface area contributed by atoms with Crippen molar-refractivity contribution in [3.05, 3.63) is 89.7 Å². The molecule has 4 rings (SSSR count). The van der Waals surface area contributed by atoms with Gasteiger partial charge in [0, 0.05) is 12.1 Å². The maximum absolute atomic E-state index is 12.7. The van der Waals surface area contributed by atoms with Crippen LogP contribution in [-0.2, 0) is 6.42 Å². The quantitative estimate of drug-likeness (QED) is 0.106. The summed E-state index contributed by atoms with van der Waals surface area (Å²) in [5.41, 5.74) is 5.51. The third kappa shape index (κ3) is 9.60. The van der Waals surface area contributed by atoms with Crippen LogP contribution in [0.4, 0.5) is 23.7 Å². The molecule has 0 aliphatic rings. The minimum atomic E-state index is -4.75. The molecule has 0 bridgehead atoms. The van der Waals surface area contributed by atoms with Crippen molar-refractivity contribution in [3.63, 3.8) is 0 Å². The van der Waals surface area contributed by atoms with Gasteiger partial charge >= 0.3 is 12.4 Å². The molecule has 0 atom stereocenters. The van der Waals surface area contributed by atoms with Gasteiger partial charge in [0.05, 0.1) is 11.4 Å². The molecular formula is C32H35F3N6O2S. The molecule has 2 amide bonds. The van der Waals surface area contributed by atoms with Crippen LogP contribution in [0.5, 0.6) is 5.75 Å². The van der Waals surface area contributed by atoms with Gasteiger partial charge in [-0.15, -0.1) is 18.3 Å². The van der Waals surface area contributed by atoms with Gasteiger partial charge in [-0.1, -0.05) is 62.9 Å². The summed E-state index contributed by atoms with van der Waals surface area (Å²) in [5.74, 6) is 1.25. The molecule has 0 saturated heterocycles. The van der Waals surface area contributed by atoms with Crippen molar-refractivity contribution in [1.29, 1.82) is 0 Å². The first-order valence-corrected chi connectivity index (χ1v) is 15.2. The van der Waals surface area contributed by atoms with Gasteiger partial charge < -0.3 is 10.1 Å². The Hall–Kier alpha value is -4.32. The highest BCUT2D eigenvalue weighted by molar-refractivity contribution is 8.13. The maximum atomic E-state index is 12.7. The fourth-order valence-electron chi connectivity index (χ4n) is 4.40. The van der Waals surface area contributed by atoms with Crippen LogP contribution in [-0.4, -0.2) is 44.6 Å². The van der Waals surface area contributed by atoms with Crippen LogP contribution in [0.2, 0.25) is 0 Å². The standard InChI is InChI=1S/C32H35F3N6O2S/c1-5-44-31(38-28-18-22(4)11-16-27(28)21(2)3)39-30(42)36-17-7-9-23-8-6-10-24(19-23)29-37-20-41(40-29)25-12-14-26(15-13-25)43-32(33,34)35/h6,8,10-16,18-21H,5,7,9,17H2,1-4H3,(H2,36,38,39,42). The van der Waals surface area contributed by atoms with Gasteiger partial charge in [-0.3, -0.25) is 5.32 Å². The second kappa shape index (κ2) is 14.9. The number of halogens is 3. The SMILES string of the molecule is CCSC(=Nc1cc(C)ccc1C(C)C)NC(=O)NCCCc1cccc(-c2ncn(-c3ccc(OC(F)(F)F)cc3)n2)c1. The van der Waals surface area contributed by atoms with E-state index in [0.29, 0.717) is 35.6 Å². The highest BCUT2D eigenvalue weighted by Gasteiger charge is 2.31. The Morgan fingerprint density at radius 1 is 1.09 bits per heavy atom. The summed E-state index contributed by atoms with van der Waals surface area (Å²) < 4.78 is 42.7. The van der Waals surface area contributed by atoms with Crippen LogP contribution in [0.25, 0.3) is 17.1 Å². The fourth-order valence-corrected chi connectivity index (χ4v) is 5.00. The lowest BCUT2D eigenvalue weighted by molar-refractivity contribution is -0.274. The summed E-state index contributed by atoms with van der Waals surface area (Å²) in [5, 5.41) is 10.8. The molecule has 0 aliphatic heterocycles. The minimum Gasteiger partial charge on any atom is -0.406 e.